The maximum atomic E-state index is 11.8. The summed E-state index contributed by atoms with van der Waals surface area (Å²) >= 11 is 0. The first-order chi connectivity index (χ1) is 10.4. The van der Waals surface area contributed by atoms with Crippen LogP contribution in [0.5, 0.6) is 0 Å². The van der Waals surface area contributed by atoms with Gasteiger partial charge < -0.3 is 14.6 Å². The van der Waals surface area contributed by atoms with Crippen molar-refractivity contribution < 1.29 is 36.8 Å². The number of fused-ring (bicyclic) bond motifs is 1. The number of ether oxygens (including phenoxy) is 2. The minimum absolute atomic E-state index is 0.0163. The zero-order valence-electron chi connectivity index (χ0n) is 11.8. The van der Waals surface area contributed by atoms with Crippen molar-refractivity contribution in [1.29, 1.82) is 0 Å². The molecule has 0 aromatic carbocycles. The van der Waals surface area contributed by atoms with Crippen molar-refractivity contribution in [2.45, 2.75) is 43.1 Å². The maximum Gasteiger partial charge on any atom is 0.306 e. The second-order valence-electron chi connectivity index (χ2n) is 5.89. The highest BCUT2D eigenvalue weighted by atomic mass is 32.2. The molecule has 2 saturated carbocycles. The summed E-state index contributed by atoms with van der Waals surface area (Å²) in [6.07, 6.45) is -0.211. The molecule has 2 aliphatic carbocycles. The summed E-state index contributed by atoms with van der Waals surface area (Å²) in [5, 5.41) is 8.06. The van der Waals surface area contributed by atoms with Crippen LogP contribution in [0.1, 0.15) is 25.7 Å². The highest BCUT2D eigenvalue weighted by Gasteiger charge is 2.65. The molecule has 3 fully saturated rings. The summed E-state index contributed by atoms with van der Waals surface area (Å²) in [5.41, 5.74) is 0. The van der Waals surface area contributed by atoms with E-state index in [-0.39, 0.29) is 37.9 Å². The first-order valence-corrected chi connectivity index (χ1v) is 8.77. The molecule has 3 rings (SSSR count). The van der Waals surface area contributed by atoms with Gasteiger partial charge in [0.15, 0.2) is 0 Å². The van der Waals surface area contributed by atoms with Crippen LogP contribution >= 0.6 is 0 Å². The molecule has 22 heavy (non-hydrogen) atoms. The van der Waals surface area contributed by atoms with Gasteiger partial charge in [-0.1, -0.05) is 0 Å². The van der Waals surface area contributed by atoms with Gasteiger partial charge in [-0.05, 0) is 12.8 Å². The minimum atomic E-state index is -3.53. The third-order valence-corrected chi connectivity index (χ3v) is 6.34. The van der Waals surface area contributed by atoms with Crippen LogP contribution in [0.15, 0.2) is 0 Å². The molecule has 1 heterocycles. The molecule has 0 radical (unpaired) electrons. The molecule has 0 amide bonds. The molecule has 1 N–H and O–H groups in total. The summed E-state index contributed by atoms with van der Waals surface area (Å²) in [6, 6.07) is 0. The lowest BCUT2D eigenvalue weighted by Crippen LogP contribution is -2.37. The maximum absolute atomic E-state index is 11.8. The van der Waals surface area contributed by atoms with Crippen LogP contribution in [-0.2, 0) is 33.4 Å². The first kappa shape index (κ1) is 15.7. The lowest BCUT2D eigenvalue weighted by atomic mass is 9.94. The van der Waals surface area contributed by atoms with Gasteiger partial charge in [-0.15, -0.1) is 0 Å². The van der Waals surface area contributed by atoms with Crippen molar-refractivity contribution in [3.63, 3.8) is 0 Å². The van der Waals surface area contributed by atoms with Crippen LogP contribution in [0, 0.1) is 11.8 Å². The number of aliphatic hydroxyl groups excluding tert-OH is 1. The fourth-order valence-corrected chi connectivity index (χ4v) is 5.57. The normalized spacial score (nSPS) is 37.2. The van der Waals surface area contributed by atoms with Crippen LogP contribution in [0.2, 0.25) is 0 Å². The molecule has 1 saturated heterocycles. The molecule has 5 atom stereocenters. The lowest BCUT2D eigenvalue weighted by Gasteiger charge is -2.24. The fraction of sp³-hybridized carbons (Fsp3) is 0.846. The summed E-state index contributed by atoms with van der Waals surface area (Å²) in [5.74, 6) is -1.22. The summed E-state index contributed by atoms with van der Waals surface area (Å²) in [4.78, 5) is 23.0. The van der Waals surface area contributed by atoms with E-state index in [1.54, 1.807) is 0 Å². The largest absolute Gasteiger partial charge is 0.463 e. The second kappa shape index (κ2) is 5.78. The Balaban J connectivity index is 1.50. The van der Waals surface area contributed by atoms with Gasteiger partial charge in [0.25, 0.3) is 10.1 Å². The highest BCUT2D eigenvalue weighted by molar-refractivity contribution is 7.87. The van der Waals surface area contributed by atoms with Gasteiger partial charge in [0.2, 0.25) is 0 Å². The molecule has 8 nitrogen and oxygen atoms in total. The molecule has 3 aliphatic rings. The molecule has 2 bridgehead atoms. The van der Waals surface area contributed by atoms with Crippen molar-refractivity contribution in [3.05, 3.63) is 0 Å². The molecular formula is C13H18O8S. The van der Waals surface area contributed by atoms with Crippen molar-refractivity contribution in [2.24, 2.45) is 11.8 Å². The van der Waals surface area contributed by atoms with Crippen LogP contribution in [-0.4, -0.2) is 56.1 Å². The van der Waals surface area contributed by atoms with Crippen molar-refractivity contribution in [2.75, 3.05) is 13.2 Å². The molecule has 0 aromatic heterocycles. The Morgan fingerprint density at radius 3 is 2.64 bits per heavy atom. The van der Waals surface area contributed by atoms with E-state index in [4.69, 9.17) is 14.0 Å². The van der Waals surface area contributed by atoms with Crippen LogP contribution < -0.4 is 0 Å². The Hall–Kier alpha value is -1.19. The van der Waals surface area contributed by atoms with Gasteiger partial charge in [-0.25, -0.2) is 0 Å². The van der Waals surface area contributed by atoms with Gasteiger partial charge in [0.05, 0.1) is 24.7 Å². The average Bonchev–Trinajstić information content (AvgIpc) is 3.07. The number of hydrogen-bond acceptors (Lipinski definition) is 8. The molecule has 1 aliphatic heterocycles. The number of hydrogen-bond donors (Lipinski definition) is 1. The van der Waals surface area contributed by atoms with Gasteiger partial charge in [0, 0.05) is 11.8 Å². The quantitative estimate of drug-likeness (QED) is 0.503. The standard InChI is InChI=1S/C13H18O8S/c14-3-4-19-10(15)1-2-11(16)20-12-7-5-8-9(6-7)22(17,18)21-13(8)12/h7-9,12-14H,1-6H2. The highest BCUT2D eigenvalue weighted by Crippen LogP contribution is 2.55. The van der Waals surface area contributed by atoms with E-state index in [1.165, 1.54) is 0 Å². The molecule has 0 spiro atoms. The van der Waals surface area contributed by atoms with Crippen molar-refractivity contribution in [1.82, 2.24) is 0 Å². The number of carbonyl (C=O) groups is 2. The summed E-state index contributed by atoms with van der Waals surface area (Å²) in [6.45, 7) is -0.370. The molecule has 124 valence electrons. The Morgan fingerprint density at radius 1 is 1.18 bits per heavy atom. The second-order valence-corrected chi connectivity index (χ2v) is 7.67. The zero-order valence-corrected chi connectivity index (χ0v) is 12.7. The predicted molar refractivity (Wildman–Crippen MR) is 71.0 cm³/mol. The van der Waals surface area contributed by atoms with E-state index in [0.29, 0.717) is 12.8 Å². The third-order valence-electron chi connectivity index (χ3n) is 4.57. The van der Waals surface area contributed by atoms with Crippen LogP contribution in [0.4, 0.5) is 0 Å². The Morgan fingerprint density at radius 2 is 1.91 bits per heavy atom. The Bertz CT molecular complexity index is 571. The fourth-order valence-electron chi connectivity index (χ4n) is 3.69. The Labute approximate surface area is 127 Å². The molecule has 5 unspecified atom stereocenters. The number of esters is 2. The van der Waals surface area contributed by atoms with E-state index < -0.39 is 39.5 Å². The number of carbonyl (C=O) groups excluding carboxylic acids is 2. The van der Waals surface area contributed by atoms with E-state index in [1.807, 2.05) is 0 Å². The monoisotopic (exact) mass is 334 g/mol. The molecule has 0 aromatic rings. The van der Waals surface area contributed by atoms with E-state index >= 15 is 0 Å². The number of rotatable bonds is 6. The third kappa shape index (κ3) is 2.72. The first-order valence-electron chi connectivity index (χ1n) is 7.30. The van der Waals surface area contributed by atoms with Gasteiger partial charge >= 0.3 is 11.9 Å². The SMILES string of the molecule is O=C(CCC(=O)OC1C2CC3C1OS(=O)(=O)C3C2)OCCO. The van der Waals surface area contributed by atoms with Gasteiger partial charge in [-0.2, -0.15) is 8.42 Å². The summed E-state index contributed by atoms with van der Waals surface area (Å²) < 4.78 is 38.6. The molecule has 9 heteroatoms. The lowest BCUT2D eigenvalue weighted by molar-refractivity contribution is -0.159. The van der Waals surface area contributed by atoms with E-state index in [2.05, 4.69) is 4.74 Å². The predicted octanol–water partition coefficient (Wildman–Crippen LogP) is -0.649. The zero-order chi connectivity index (χ0) is 15.9. The van der Waals surface area contributed by atoms with E-state index in [9.17, 15) is 18.0 Å². The molecular weight excluding hydrogens is 316 g/mol. The summed E-state index contributed by atoms with van der Waals surface area (Å²) in [7, 11) is -3.53. The van der Waals surface area contributed by atoms with Crippen LogP contribution in [0.3, 0.4) is 0 Å². The smallest absolute Gasteiger partial charge is 0.306 e. The topological polar surface area (TPSA) is 116 Å². The minimum Gasteiger partial charge on any atom is -0.463 e. The van der Waals surface area contributed by atoms with Crippen LogP contribution in [0.25, 0.3) is 0 Å². The van der Waals surface area contributed by atoms with E-state index in [0.717, 1.165) is 0 Å². The van der Waals surface area contributed by atoms with Gasteiger partial charge in [-0.3, -0.25) is 13.8 Å². The van der Waals surface area contributed by atoms with Crippen molar-refractivity contribution in [3.8, 4) is 0 Å². The Kier molecular flexibility index (Phi) is 4.13. The average molecular weight is 334 g/mol. The van der Waals surface area contributed by atoms with Crippen molar-refractivity contribution >= 4 is 22.1 Å². The van der Waals surface area contributed by atoms with Gasteiger partial charge in [0.1, 0.15) is 18.8 Å². The number of aliphatic hydroxyl groups is 1.